The molecule has 7 nitrogen and oxygen atoms in total. The summed E-state index contributed by atoms with van der Waals surface area (Å²) >= 11 is 0. The van der Waals surface area contributed by atoms with Gasteiger partial charge < -0.3 is 10.6 Å². The smallest absolute Gasteiger partial charge is 0.254 e. The minimum absolute atomic E-state index is 0.268. The van der Waals surface area contributed by atoms with Gasteiger partial charge >= 0.3 is 0 Å². The Morgan fingerprint density at radius 1 is 1.20 bits per heavy atom. The number of fused-ring (bicyclic) bond motifs is 9. The lowest BCUT2D eigenvalue weighted by Crippen LogP contribution is -2.44. The number of carbonyl (C=O) groups is 1. The summed E-state index contributed by atoms with van der Waals surface area (Å²) in [5.74, 6) is 2.56. The fraction of sp³-hybridized carbons (Fsp3) is 0.286. The lowest BCUT2D eigenvalue weighted by Gasteiger charge is -2.36. The molecule has 1 saturated carbocycles. The maximum absolute atomic E-state index is 13.6. The van der Waals surface area contributed by atoms with Crippen molar-refractivity contribution in [1.29, 1.82) is 0 Å². The van der Waals surface area contributed by atoms with Crippen LogP contribution in [0.3, 0.4) is 0 Å². The maximum Gasteiger partial charge on any atom is 0.254 e. The quantitative estimate of drug-likeness (QED) is 0.457. The first-order valence-electron chi connectivity index (χ1n) is 13.3. The highest BCUT2D eigenvalue weighted by atomic mass is 16.2. The van der Waals surface area contributed by atoms with Crippen molar-refractivity contribution in [2.45, 2.75) is 43.2 Å². The van der Waals surface area contributed by atoms with Crippen LogP contribution in [-0.2, 0) is 5.54 Å². The molecule has 1 fully saturated rings. The summed E-state index contributed by atoms with van der Waals surface area (Å²) in [7, 11) is 0. The van der Waals surface area contributed by atoms with Gasteiger partial charge in [-0.15, -0.1) is 6.42 Å². The maximum atomic E-state index is 13.6. The Labute approximate surface area is 207 Å². The zero-order valence-corrected chi connectivity index (χ0v) is 18.9. The lowest BCUT2D eigenvalue weighted by atomic mass is 9.77. The number of benzene rings is 1. The molecule has 35 heavy (non-hydrogen) atoms. The van der Waals surface area contributed by atoms with Crippen molar-refractivity contribution in [3.63, 3.8) is 0 Å². The molecule has 3 aromatic heterocycles. The van der Waals surface area contributed by atoms with Crippen LogP contribution in [0.4, 0.5) is 0 Å². The number of hydrogen-bond donors (Lipinski definition) is 1. The van der Waals surface area contributed by atoms with Crippen molar-refractivity contribution in [1.82, 2.24) is 24.5 Å². The first-order chi connectivity index (χ1) is 18.2. The highest BCUT2D eigenvalue weighted by Gasteiger charge is 2.45. The molecule has 0 radical (unpaired) electrons. The summed E-state index contributed by atoms with van der Waals surface area (Å²) in [6.45, 7) is -2.64. The van der Waals surface area contributed by atoms with E-state index in [4.69, 9.17) is 21.4 Å². The molecule has 1 aliphatic heterocycles. The van der Waals surface area contributed by atoms with E-state index >= 15 is 0 Å². The van der Waals surface area contributed by atoms with E-state index in [1.165, 1.54) is 0 Å². The van der Waals surface area contributed by atoms with E-state index in [9.17, 15) is 4.79 Å². The lowest BCUT2D eigenvalue weighted by molar-refractivity contribution is 0.0734. The van der Waals surface area contributed by atoms with Crippen LogP contribution in [0.1, 0.15) is 80.3 Å². The number of rotatable bonds is 2. The van der Waals surface area contributed by atoms with Gasteiger partial charge in [0.1, 0.15) is 5.82 Å². The number of carbonyl (C=O) groups excluding carboxylic acids is 1. The molecule has 7 heteroatoms. The van der Waals surface area contributed by atoms with E-state index in [1.807, 2.05) is 18.3 Å². The molecule has 4 aromatic rings. The third-order valence-corrected chi connectivity index (χ3v) is 7.87. The van der Waals surface area contributed by atoms with Crippen molar-refractivity contribution in [3.05, 3.63) is 82.7 Å². The molecule has 0 spiro atoms. The molecule has 2 bridgehead atoms. The second-order valence-corrected chi connectivity index (χ2v) is 9.74. The molecule has 2 N–H and O–H groups in total. The molecule has 1 amide bonds. The number of aromatic nitrogens is 4. The van der Waals surface area contributed by atoms with Crippen LogP contribution in [0.5, 0.6) is 0 Å². The summed E-state index contributed by atoms with van der Waals surface area (Å²) in [6, 6.07) is 8.42. The van der Waals surface area contributed by atoms with Gasteiger partial charge in [0, 0.05) is 57.9 Å². The first-order valence-corrected chi connectivity index (χ1v) is 11.8. The molecule has 7 rings (SSSR count). The number of pyridine rings is 1. The highest BCUT2D eigenvalue weighted by molar-refractivity contribution is 5.98. The molecular weight excluding hydrogens is 436 g/mol. The average Bonchev–Trinajstić information content (AvgIpc) is 3.39. The van der Waals surface area contributed by atoms with Crippen LogP contribution < -0.4 is 5.73 Å². The third kappa shape index (κ3) is 2.71. The van der Waals surface area contributed by atoms with Gasteiger partial charge in [-0.25, -0.2) is 14.5 Å². The summed E-state index contributed by atoms with van der Waals surface area (Å²) < 4.78 is 26.3. The number of terminal acetylenes is 1. The molecule has 2 aliphatic carbocycles. The van der Waals surface area contributed by atoms with Crippen LogP contribution in [0, 0.1) is 12.3 Å². The topological polar surface area (TPSA) is 89.4 Å². The van der Waals surface area contributed by atoms with Crippen molar-refractivity contribution in [2.75, 3.05) is 6.98 Å². The highest BCUT2D eigenvalue weighted by Crippen LogP contribution is 2.52. The molecule has 0 saturated heterocycles. The van der Waals surface area contributed by atoms with E-state index in [0.717, 1.165) is 46.4 Å². The summed E-state index contributed by atoms with van der Waals surface area (Å²) in [6.07, 6.45) is 14.6. The van der Waals surface area contributed by atoms with E-state index in [-0.39, 0.29) is 5.92 Å². The fourth-order valence-electron chi connectivity index (χ4n) is 5.85. The molecule has 0 unspecified atom stereocenters. The molecule has 2 atom stereocenters. The van der Waals surface area contributed by atoms with Crippen LogP contribution >= 0.6 is 0 Å². The Balaban J connectivity index is 1.41. The number of nitrogens with zero attached hydrogens (tertiary/aromatic N) is 5. The molecular formula is C28H24N6O. The summed E-state index contributed by atoms with van der Waals surface area (Å²) in [5.41, 5.74) is 11.6. The monoisotopic (exact) mass is 463 g/mol. The van der Waals surface area contributed by atoms with E-state index in [2.05, 4.69) is 15.9 Å². The minimum Gasteiger partial charge on any atom is -0.333 e. The van der Waals surface area contributed by atoms with E-state index in [1.54, 1.807) is 35.1 Å². The molecule has 4 heterocycles. The normalized spacial score (nSPS) is 23.4. The van der Waals surface area contributed by atoms with Crippen LogP contribution in [0.15, 0.2) is 48.9 Å². The molecule has 3 aliphatic rings. The Kier molecular flexibility index (Phi) is 3.48. The van der Waals surface area contributed by atoms with Gasteiger partial charge in [0.25, 0.3) is 5.91 Å². The minimum atomic E-state index is -2.64. The van der Waals surface area contributed by atoms with E-state index in [0.29, 0.717) is 34.6 Å². The molecule has 172 valence electrons. The van der Waals surface area contributed by atoms with Gasteiger partial charge in [0.15, 0.2) is 0 Å². The van der Waals surface area contributed by atoms with Gasteiger partial charge in [-0.05, 0) is 61.1 Å². The van der Waals surface area contributed by atoms with Crippen molar-refractivity contribution in [3.8, 4) is 23.5 Å². The van der Waals surface area contributed by atoms with Gasteiger partial charge in [-0.2, -0.15) is 5.10 Å². The number of amides is 1. The van der Waals surface area contributed by atoms with Crippen LogP contribution in [0.25, 0.3) is 16.6 Å². The first kappa shape index (κ1) is 17.4. The Bertz CT molecular complexity index is 1680. The predicted molar refractivity (Wildman–Crippen MR) is 132 cm³/mol. The Hall–Kier alpha value is -4.02. The van der Waals surface area contributed by atoms with Gasteiger partial charge in [-0.1, -0.05) is 12.0 Å². The zero-order chi connectivity index (χ0) is 26.4. The Morgan fingerprint density at radius 3 is 2.74 bits per heavy atom. The molecule has 1 aromatic carbocycles. The van der Waals surface area contributed by atoms with Crippen LogP contribution in [-0.4, -0.2) is 37.4 Å². The second kappa shape index (κ2) is 7.00. The van der Waals surface area contributed by atoms with Crippen molar-refractivity contribution in [2.24, 2.45) is 5.73 Å². The zero-order valence-electron chi connectivity index (χ0n) is 21.9. The summed E-state index contributed by atoms with van der Waals surface area (Å²) in [4.78, 5) is 23.7. The van der Waals surface area contributed by atoms with Crippen molar-refractivity contribution < 1.29 is 8.91 Å². The SMILES string of the molecule is [2H]C([2H])([2H])N1C(=O)c2cccc(C#C)c2[C@H]2C[C@@H]1c1nn3ccc(-c4cnc(C5(N)CCC5)nc4)cc3c12. The van der Waals surface area contributed by atoms with Gasteiger partial charge in [-0.3, -0.25) is 4.79 Å². The predicted octanol–water partition coefficient (Wildman–Crippen LogP) is 3.77. The standard InChI is InChI=1S/C28H24N6O/c1-3-16-6-4-7-19-23(16)20-13-22(33(2)26(19)35)25-24(20)21-12-17(8-11-34(21)32-25)18-14-30-27(31-15-18)28(29)9-5-10-28/h1,4,6-8,11-12,14-15,20,22H,5,9-10,13,29H2,2H3/t20-,22-/m1/s1/i2D3. The Morgan fingerprint density at radius 2 is 2.03 bits per heavy atom. The van der Waals surface area contributed by atoms with E-state index < -0.39 is 24.5 Å². The number of hydrogen-bond acceptors (Lipinski definition) is 5. The van der Waals surface area contributed by atoms with Crippen LogP contribution in [0.2, 0.25) is 0 Å². The van der Waals surface area contributed by atoms with Gasteiger partial charge in [0.2, 0.25) is 0 Å². The second-order valence-electron chi connectivity index (χ2n) is 9.74. The average molecular weight is 464 g/mol. The van der Waals surface area contributed by atoms with Gasteiger partial charge in [0.05, 0.1) is 22.8 Å². The number of nitrogens with two attached hydrogens (primary N) is 1. The van der Waals surface area contributed by atoms with Crippen molar-refractivity contribution >= 4 is 11.4 Å². The fourth-order valence-corrected chi connectivity index (χ4v) is 5.85. The summed E-state index contributed by atoms with van der Waals surface area (Å²) in [5, 5.41) is 4.78. The third-order valence-electron chi connectivity index (χ3n) is 7.87. The largest absolute Gasteiger partial charge is 0.333 e.